The lowest BCUT2D eigenvalue weighted by molar-refractivity contribution is -0.139. The van der Waals surface area contributed by atoms with Crippen molar-refractivity contribution in [2.45, 2.75) is 58.2 Å². The van der Waals surface area contributed by atoms with Gasteiger partial charge in [-0.3, -0.25) is 13.9 Å². The molecule has 2 aromatic carbocycles. The summed E-state index contributed by atoms with van der Waals surface area (Å²) in [6.45, 7) is 3.15. The van der Waals surface area contributed by atoms with Crippen molar-refractivity contribution in [1.82, 2.24) is 10.2 Å². The second kappa shape index (κ2) is 11.8. The van der Waals surface area contributed by atoms with Gasteiger partial charge in [-0.05, 0) is 68.1 Å². The molecule has 0 aliphatic heterocycles. The number of rotatable bonds is 9. The number of hydrogen-bond acceptors (Lipinski definition) is 4. The van der Waals surface area contributed by atoms with Gasteiger partial charge in [-0.15, -0.1) is 0 Å². The third kappa shape index (κ3) is 7.44. The molecule has 0 bridgehead atoms. The molecule has 0 heterocycles. The molecule has 1 atom stereocenters. The Hall–Kier alpha value is -2.10. The van der Waals surface area contributed by atoms with Crippen molar-refractivity contribution in [3.8, 4) is 0 Å². The Bertz CT molecular complexity index is 1170. The van der Waals surface area contributed by atoms with Gasteiger partial charge in [0.25, 0.3) is 0 Å². The van der Waals surface area contributed by atoms with Gasteiger partial charge in [0.05, 0.1) is 11.9 Å². The fourth-order valence-corrected chi connectivity index (χ4v) is 5.65. The molecule has 1 aliphatic carbocycles. The van der Waals surface area contributed by atoms with Crippen LogP contribution in [0.1, 0.15) is 43.7 Å². The number of benzene rings is 2. The molecular formula is C25H31BrClN3O4S. The summed E-state index contributed by atoms with van der Waals surface area (Å²) in [6.07, 6.45) is 5.06. The number of aryl methyl sites for hydroxylation is 1. The first-order valence-corrected chi connectivity index (χ1v) is 14.6. The first kappa shape index (κ1) is 27.5. The van der Waals surface area contributed by atoms with E-state index in [2.05, 4.69) is 21.2 Å². The highest BCUT2D eigenvalue weighted by Gasteiger charge is 2.31. The number of nitrogens with zero attached hydrogens (tertiary/aromatic N) is 2. The number of sulfonamides is 1. The summed E-state index contributed by atoms with van der Waals surface area (Å²) in [5.74, 6) is -0.710. The number of carbonyl (C=O) groups is 2. The summed E-state index contributed by atoms with van der Waals surface area (Å²) in [4.78, 5) is 28.1. The zero-order valence-electron chi connectivity index (χ0n) is 20.1. The summed E-state index contributed by atoms with van der Waals surface area (Å²) in [5.41, 5.74) is 1.83. The van der Waals surface area contributed by atoms with Crippen molar-refractivity contribution >= 4 is 55.1 Å². The van der Waals surface area contributed by atoms with Gasteiger partial charge < -0.3 is 10.2 Å². The number of carbonyl (C=O) groups excluding carboxylic acids is 2. The summed E-state index contributed by atoms with van der Waals surface area (Å²) in [7, 11) is -3.79. The van der Waals surface area contributed by atoms with E-state index < -0.39 is 28.5 Å². The molecule has 0 radical (unpaired) electrons. The van der Waals surface area contributed by atoms with Crippen molar-refractivity contribution in [2.75, 3.05) is 17.1 Å². The number of anilines is 1. The number of halogens is 2. The first-order valence-electron chi connectivity index (χ1n) is 11.5. The monoisotopic (exact) mass is 583 g/mol. The summed E-state index contributed by atoms with van der Waals surface area (Å²) >= 11 is 9.46. The van der Waals surface area contributed by atoms with E-state index in [9.17, 15) is 18.0 Å². The molecule has 7 nitrogen and oxygen atoms in total. The van der Waals surface area contributed by atoms with Crippen molar-refractivity contribution in [1.29, 1.82) is 0 Å². The molecule has 1 fully saturated rings. The molecule has 0 aromatic heterocycles. The van der Waals surface area contributed by atoms with Crippen LogP contribution >= 0.6 is 27.5 Å². The smallest absolute Gasteiger partial charge is 0.244 e. The highest BCUT2D eigenvalue weighted by atomic mass is 79.9. The van der Waals surface area contributed by atoms with Crippen LogP contribution in [-0.4, -0.2) is 50.0 Å². The maximum atomic E-state index is 13.6. The molecule has 0 saturated heterocycles. The predicted octanol–water partition coefficient (Wildman–Crippen LogP) is 4.65. The van der Waals surface area contributed by atoms with Crippen LogP contribution in [0.4, 0.5) is 5.69 Å². The second-order valence-corrected chi connectivity index (χ2v) is 12.3. The Labute approximate surface area is 221 Å². The number of amides is 2. The molecule has 1 saturated carbocycles. The lowest BCUT2D eigenvalue weighted by atomic mass is 10.1. The van der Waals surface area contributed by atoms with Gasteiger partial charge in [0.2, 0.25) is 21.8 Å². The lowest BCUT2D eigenvalue weighted by Crippen LogP contribution is -2.52. The minimum absolute atomic E-state index is 0.110. The van der Waals surface area contributed by atoms with E-state index in [1.54, 1.807) is 32.0 Å². The Balaban J connectivity index is 1.89. The quantitative estimate of drug-likeness (QED) is 0.465. The number of hydrogen-bond donors (Lipinski definition) is 1. The van der Waals surface area contributed by atoms with Gasteiger partial charge in [0, 0.05) is 22.1 Å². The standard InChI is InChI=1S/C25H31BrClN3O4S/c1-17-14-21(27)12-13-23(17)30(35(3,33)34)16-24(31)29(15-19-8-10-20(26)11-9-19)18(2)25(32)28-22-6-4-5-7-22/h8-14,18,22H,4-7,15-16H2,1-3H3,(H,28,32)/t18-/m0/s1. The van der Waals surface area contributed by atoms with Gasteiger partial charge in [-0.2, -0.15) is 0 Å². The molecule has 0 unspecified atom stereocenters. The van der Waals surface area contributed by atoms with E-state index in [0.29, 0.717) is 16.3 Å². The van der Waals surface area contributed by atoms with Crippen LogP contribution in [0.15, 0.2) is 46.9 Å². The zero-order chi connectivity index (χ0) is 25.8. The molecule has 1 aliphatic rings. The lowest BCUT2D eigenvalue weighted by Gasteiger charge is -2.32. The van der Waals surface area contributed by atoms with E-state index in [1.807, 2.05) is 24.3 Å². The third-order valence-corrected chi connectivity index (χ3v) is 8.13. The average Bonchev–Trinajstić information content (AvgIpc) is 3.29. The fourth-order valence-electron chi connectivity index (χ4n) is 4.25. The van der Waals surface area contributed by atoms with Gasteiger partial charge in [0.15, 0.2) is 0 Å². The molecule has 1 N–H and O–H groups in total. The maximum Gasteiger partial charge on any atom is 0.244 e. The summed E-state index contributed by atoms with van der Waals surface area (Å²) in [6, 6.07) is 11.6. The topological polar surface area (TPSA) is 86.8 Å². The van der Waals surface area contributed by atoms with E-state index in [1.165, 1.54) is 4.90 Å². The zero-order valence-corrected chi connectivity index (χ0v) is 23.3. The normalized spacial score (nSPS) is 15.0. The maximum absolute atomic E-state index is 13.6. The first-order chi connectivity index (χ1) is 16.5. The van der Waals surface area contributed by atoms with Crippen LogP contribution in [0.3, 0.4) is 0 Å². The van der Waals surface area contributed by atoms with E-state index in [0.717, 1.165) is 46.3 Å². The van der Waals surface area contributed by atoms with Crippen LogP contribution in [0.25, 0.3) is 0 Å². The second-order valence-electron chi connectivity index (χ2n) is 9.01. The Morgan fingerprint density at radius 2 is 1.77 bits per heavy atom. The molecule has 0 spiro atoms. The van der Waals surface area contributed by atoms with Gasteiger partial charge in [0.1, 0.15) is 12.6 Å². The largest absolute Gasteiger partial charge is 0.352 e. The minimum Gasteiger partial charge on any atom is -0.352 e. The van der Waals surface area contributed by atoms with Crippen molar-refractivity contribution in [3.63, 3.8) is 0 Å². The van der Waals surface area contributed by atoms with Crippen LogP contribution in [0, 0.1) is 6.92 Å². The molecular weight excluding hydrogens is 554 g/mol. The molecule has 2 aromatic rings. The van der Waals surface area contributed by atoms with E-state index in [-0.39, 0.29) is 18.5 Å². The summed E-state index contributed by atoms with van der Waals surface area (Å²) in [5, 5.41) is 3.52. The van der Waals surface area contributed by atoms with Gasteiger partial charge in [-0.25, -0.2) is 8.42 Å². The highest BCUT2D eigenvalue weighted by Crippen LogP contribution is 2.26. The summed E-state index contributed by atoms with van der Waals surface area (Å²) < 4.78 is 27.4. The number of nitrogens with one attached hydrogen (secondary N) is 1. The van der Waals surface area contributed by atoms with Crippen LogP contribution in [0.5, 0.6) is 0 Å². The molecule has 35 heavy (non-hydrogen) atoms. The SMILES string of the molecule is Cc1cc(Cl)ccc1N(CC(=O)N(Cc1ccc(Br)cc1)[C@@H](C)C(=O)NC1CCCC1)S(C)(=O)=O. The van der Waals surface area contributed by atoms with Crippen molar-refractivity contribution in [3.05, 3.63) is 63.1 Å². The average molecular weight is 585 g/mol. The van der Waals surface area contributed by atoms with Gasteiger partial charge >= 0.3 is 0 Å². The molecule has 190 valence electrons. The van der Waals surface area contributed by atoms with Crippen molar-refractivity contribution in [2.24, 2.45) is 0 Å². The Kier molecular flexibility index (Phi) is 9.23. The third-order valence-electron chi connectivity index (χ3n) is 6.24. The Morgan fingerprint density at radius 3 is 2.34 bits per heavy atom. The molecule has 3 rings (SSSR count). The van der Waals surface area contributed by atoms with E-state index >= 15 is 0 Å². The minimum atomic E-state index is -3.79. The predicted molar refractivity (Wildman–Crippen MR) is 143 cm³/mol. The fraction of sp³-hybridized carbons (Fsp3) is 0.440. The van der Waals surface area contributed by atoms with Crippen LogP contribution in [-0.2, 0) is 26.2 Å². The molecule has 2 amide bonds. The van der Waals surface area contributed by atoms with E-state index in [4.69, 9.17) is 11.6 Å². The van der Waals surface area contributed by atoms with Gasteiger partial charge in [-0.1, -0.05) is 52.5 Å². The molecule has 10 heteroatoms. The van der Waals surface area contributed by atoms with Crippen molar-refractivity contribution < 1.29 is 18.0 Å². The van der Waals surface area contributed by atoms with Crippen LogP contribution < -0.4 is 9.62 Å². The van der Waals surface area contributed by atoms with Crippen LogP contribution in [0.2, 0.25) is 5.02 Å². The highest BCUT2D eigenvalue weighted by molar-refractivity contribution is 9.10. The Morgan fingerprint density at radius 1 is 1.14 bits per heavy atom.